The fourth-order valence-corrected chi connectivity index (χ4v) is 11.1. The van der Waals surface area contributed by atoms with Crippen LogP contribution in [0.5, 0.6) is 46.0 Å². The first kappa shape index (κ1) is 84.2. The zero-order chi connectivity index (χ0) is 71.0. The van der Waals surface area contributed by atoms with E-state index in [-0.39, 0.29) is 30.8 Å². The van der Waals surface area contributed by atoms with E-state index in [1.54, 1.807) is 72.8 Å². The summed E-state index contributed by atoms with van der Waals surface area (Å²) in [5, 5.41) is 6.02. The third-order valence-corrected chi connectivity index (χ3v) is 16.9. The Morgan fingerprint density at radius 1 is 0.276 bits per heavy atom. The van der Waals surface area contributed by atoms with Crippen LogP contribution in [0.25, 0.3) is 0 Å². The van der Waals surface area contributed by atoms with Crippen molar-refractivity contribution in [2.24, 2.45) is 35.5 Å². The first-order valence-electron chi connectivity index (χ1n) is 38.2. The number of hydrogen-bond acceptors (Lipinski definition) is 13. The Morgan fingerprint density at radius 2 is 0.531 bits per heavy atom. The maximum atomic E-state index is 13.7. The van der Waals surface area contributed by atoms with Crippen molar-refractivity contribution in [3.05, 3.63) is 95.1 Å². The molecule has 0 aliphatic carbocycles. The van der Waals surface area contributed by atoms with Gasteiger partial charge in [-0.1, -0.05) is 199 Å². The van der Waals surface area contributed by atoms with Gasteiger partial charge in [0, 0.05) is 35.3 Å². The van der Waals surface area contributed by atoms with Gasteiger partial charge >= 0.3 is 0 Å². The number of hydrogen-bond donors (Lipinski definition) is 2. The molecule has 0 saturated carbocycles. The van der Waals surface area contributed by atoms with Crippen LogP contribution in [0.15, 0.2) is 72.8 Å². The first-order chi connectivity index (χ1) is 47.4. The Bertz CT molecular complexity index is 2460. The van der Waals surface area contributed by atoms with E-state index in [4.69, 9.17) is 47.4 Å². The smallest absolute Gasteiger partial charge is 0.251 e. The lowest BCUT2D eigenvalue weighted by molar-refractivity contribution is 0.0861. The third kappa shape index (κ3) is 38.4. The van der Waals surface area contributed by atoms with Crippen molar-refractivity contribution in [1.29, 1.82) is 0 Å². The van der Waals surface area contributed by atoms with E-state index in [9.17, 15) is 14.4 Å². The average Bonchev–Trinajstić information content (AvgIpc) is 0.827. The summed E-state index contributed by atoms with van der Waals surface area (Å²) in [7, 11) is 0. The van der Waals surface area contributed by atoms with Gasteiger partial charge in [-0.25, -0.2) is 0 Å². The number of carbonyl (C=O) groups excluding carboxylic acids is 3. The van der Waals surface area contributed by atoms with Gasteiger partial charge in [-0.15, -0.1) is 0 Å². The number of rotatable bonds is 60. The standard InChI is InChI=1S/C83H132N2O13/c1-63(2)31-19-13-25-47-93-75-59-71(60-76(94-48-26-14-20-32-64(3)4)80(75)97-51-29-17-23-35-67(9)10)82(87)84-45-53-89-55-57-91-73-41-37-69(38-42-73)79(86)70-39-43-74(44-40-70)92-58-56-90-54-46-85-83(88)72-61-77(95-49-27-15-21-33-65(5)6)81(98-52-30-18-24-36-68(11)12)78(62-72)96-50-28-16-22-34-66(7)8/h37-44,59-68H,13-36,45-58H2,1-12H3,(H,84,87)(H,85,88). The van der Waals surface area contributed by atoms with E-state index in [0.29, 0.717) is 183 Å². The maximum Gasteiger partial charge on any atom is 0.251 e. The molecule has 0 bridgehead atoms. The summed E-state index contributed by atoms with van der Waals surface area (Å²) in [4.78, 5) is 40.9. The van der Waals surface area contributed by atoms with Crippen LogP contribution in [0.3, 0.4) is 0 Å². The lowest BCUT2D eigenvalue weighted by atomic mass is 10.0. The Hall–Kier alpha value is -6.19. The number of carbonyl (C=O) groups is 3. The lowest BCUT2D eigenvalue weighted by Gasteiger charge is -2.19. The number of ketones is 1. The van der Waals surface area contributed by atoms with Crippen LogP contribution >= 0.6 is 0 Å². The quantitative estimate of drug-likeness (QED) is 0.0317. The zero-order valence-electron chi connectivity index (χ0n) is 63.1. The van der Waals surface area contributed by atoms with Crippen LogP contribution in [0.1, 0.15) is 274 Å². The van der Waals surface area contributed by atoms with Crippen molar-refractivity contribution in [3.63, 3.8) is 0 Å². The van der Waals surface area contributed by atoms with Gasteiger partial charge in [-0.3, -0.25) is 14.4 Å². The molecule has 0 fully saturated rings. The van der Waals surface area contributed by atoms with Gasteiger partial charge in [0.05, 0.1) is 66.1 Å². The number of unbranched alkanes of at least 4 members (excludes halogenated alkanes) is 12. The van der Waals surface area contributed by atoms with Gasteiger partial charge in [-0.2, -0.15) is 0 Å². The molecular formula is C83H132N2O13. The Morgan fingerprint density at radius 3 is 0.786 bits per heavy atom. The van der Waals surface area contributed by atoms with Crippen molar-refractivity contribution in [1.82, 2.24) is 10.6 Å². The second kappa shape index (κ2) is 51.9. The van der Waals surface area contributed by atoms with E-state index in [2.05, 4.69) is 93.7 Å². The maximum absolute atomic E-state index is 13.7. The number of ether oxygens (including phenoxy) is 10. The van der Waals surface area contributed by atoms with Gasteiger partial charge in [0.1, 0.15) is 24.7 Å². The molecule has 0 spiro atoms. The highest BCUT2D eigenvalue weighted by molar-refractivity contribution is 6.09. The number of benzene rings is 4. The molecule has 15 nitrogen and oxygen atoms in total. The molecule has 0 aromatic heterocycles. The summed E-state index contributed by atoms with van der Waals surface area (Å²) >= 11 is 0. The molecule has 0 unspecified atom stereocenters. The Balaban J connectivity index is 1.22. The SMILES string of the molecule is CC(C)CCCCCOc1cc(C(=O)NCCOCCOc2ccc(C(=O)c3ccc(OCCOCCNC(=O)c4cc(OCCCCCC(C)C)c(OCCCCCC(C)C)c(OCCCCCC(C)C)c4)cc3)cc2)cc(OCCCCCC(C)C)c1OCCCCCC(C)C. The Labute approximate surface area is 593 Å². The summed E-state index contributed by atoms with van der Waals surface area (Å²) in [6.45, 7) is 32.6. The topological polar surface area (TPSA) is 168 Å². The minimum atomic E-state index is -0.245. The molecule has 98 heavy (non-hydrogen) atoms. The summed E-state index contributed by atoms with van der Waals surface area (Å²) in [6.07, 6.45) is 26.1. The highest BCUT2D eigenvalue weighted by atomic mass is 16.6. The fraction of sp³-hybridized carbons (Fsp3) is 0.675. The summed E-state index contributed by atoms with van der Waals surface area (Å²) in [6, 6.07) is 21.2. The minimum Gasteiger partial charge on any atom is -0.491 e. The van der Waals surface area contributed by atoms with Gasteiger partial charge < -0.3 is 58.0 Å². The normalized spacial score (nSPS) is 11.5. The van der Waals surface area contributed by atoms with Crippen molar-refractivity contribution in [2.45, 2.75) is 237 Å². The van der Waals surface area contributed by atoms with Gasteiger partial charge in [0.2, 0.25) is 11.5 Å². The van der Waals surface area contributed by atoms with E-state index in [1.165, 1.54) is 51.4 Å². The van der Waals surface area contributed by atoms with Gasteiger partial charge in [-0.05, 0) is 147 Å². The first-order valence-corrected chi connectivity index (χ1v) is 38.2. The van der Waals surface area contributed by atoms with Crippen LogP contribution in [0, 0.1) is 35.5 Å². The van der Waals surface area contributed by atoms with Crippen LogP contribution in [0.2, 0.25) is 0 Å². The number of nitrogens with one attached hydrogen (secondary N) is 2. The van der Waals surface area contributed by atoms with Crippen LogP contribution in [0.4, 0.5) is 0 Å². The summed E-state index contributed by atoms with van der Waals surface area (Å²) < 4.78 is 62.2. The third-order valence-electron chi connectivity index (χ3n) is 16.9. The zero-order valence-corrected chi connectivity index (χ0v) is 63.1. The van der Waals surface area contributed by atoms with E-state index in [1.807, 2.05) is 0 Å². The summed E-state index contributed by atoms with van der Waals surface area (Å²) in [5.41, 5.74) is 1.95. The molecule has 2 N–H and O–H groups in total. The second-order valence-electron chi connectivity index (χ2n) is 29.0. The van der Waals surface area contributed by atoms with Crippen molar-refractivity contribution in [3.8, 4) is 46.0 Å². The average molecular weight is 1370 g/mol. The van der Waals surface area contributed by atoms with Crippen molar-refractivity contribution >= 4 is 17.6 Å². The highest BCUT2D eigenvalue weighted by Gasteiger charge is 2.22. The van der Waals surface area contributed by atoms with Gasteiger partial charge in [0.25, 0.3) is 11.8 Å². The predicted molar refractivity (Wildman–Crippen MR) is 399 cm³/mol. The van der Waals surface area contributed by atoms with E-state index < -0.39 is 0 Å². The minimum absolute atomic E-state index is 0.127. The molecule has 0 aliphatic heterocycles. The molecule has 0 radical (unpaired) electrons. The van der Waals surface area contributed by atoms with Crippen LogP contribution < -0.4 is 48.5 Å². The monoisotopic (exact) mass is 1360 g/mol. The molecule has 4 rings (SSSR count). The molecule has 4 aromatic carbocycles. The molecule has 552 valence electrons. The molecule has 0 heterocycles. The molecule has 0 atom stereocenters. The van der Waals surface area contributed by atoms with Gasteiger partial charge in [0.15, 0.2) is 28.8 Å². The second-order valence-corrected chi connectivity index (χ2v) is 29.0. The largest absolute Gasteiger partial charge is 0.491 e. The Kier molecular flexibility index (Phi) is 44.6. The molecule has 0 aliphatic rings. The molecule has 2 amide bonds. The van der Waals surface area contributed by atoms with Crippen molar-refractivity contribution < 1.29 is 61.8 Å². The molecule has 0 saturated heterocycles. The van der Waals surface area contributed by atoms with E-state index in [0.717, 1.165) is 103 Å². The van der Waals surface area contributed by atoms with Crippen molar-refractivity contribution in [2.75, 3.05) is 92.4 Å². The number of amides is 2. The summed E-state index contributed by atoms with van der Waals surface area (Å²) in [5.74, 6) is 7.97. The predicted octanol–water partition coefficient (Wildman–Crippen LogP) is 20.1. The highest BCUT2D eigenvalue weighted by Crippen LogP contribution is 2.41. The van der Waals surface area contributed by atoms with Crippen LogP contribution in [-0.2, 0) is 9.47 Å². The molecule has 4 aromatic rings. The van der Waals surface area contributed by atoms with E-state index >= 15 is 0 Å². The molecule has 15 heteroatoms. The fourth-order valence-electron chi connectivity index (χ4n) is 11.1. The molecular weight excluding hydrogens is 1230 g/mol. The van der Waals surface area contributed by atoms with Crippen LogP contribution in [-0.4, -0.2) is 110 Å². The lowest BCUT2D eigenvalue weighted by Crippen LogP contribution is -2.28.